The Bertz CT molecular complexity index is 730. The first-order valence-corrected chi connectivity index (χ1v) is 8.11. The number of benzene rings is 2. The van der Waals surface area contributed by atoms with Gasteiger partial charge in [0.25, 0.3) is 5.91 Å². The molecule has 6 heteroatoms. The molecule has 0 aliphatic rings. The van der Waals surface area contributed by atoms with Crippen molar-refractivity contribution in [2.75, 3.05) is 6.61 Å². The van der Waals surface area contributed by atoms with Crippen molar-refractivity contribution in [3.8, 4) is 5.75 Å². The number of hydrogen-bond acceptors (Lipinski definition) is 3. The predicted octanol–water partition coefficient (Wildman–Crippen LogP) is 4.33. The number of hydrazone groups is 1. The fourth-order valence-corrected chi connectivity index (χ4v) is 2.16. The molecule has 4 nitrogen and oxygen atoms in total. The van der Waals surface area contributed by atoms with Gasteiger partial charge in [-0.1, -0.05) is 39.7 Å². The van der Waals surface area contributed by atoms with E-state index in [2.05, 4.69) is 26.5 Å². The highest BCUT2D eigenvalue weighted by atomic mass is 79.9. The van der Waals surface area contributed by atoms with Gasteiger partial charge in [-0.25, -0.2) is 5.43 Å². The van der Waals surface area contributed by atoms with Crippen molar-refractivity contribution in [1.29, 1.82) is 0 Å². The van der Waals surface area contributed by atoms with E-state index in [1.807, 2.05) is 38.1 Å². The fourth-order valence-electron chi connectivity index (χ4n) is 1.79. The van der Waals surface area contributed by atoms with E-state index in [0.29, 0.717) is 16.5 Å². The van der Waals surface area contributed by atoms with Crippen LogP contribution in [0.4, 0.5) is 0 Å². The molecule has 0 fully saturated rings. The van der Waals surface area contributed by atoms with Gasteiger partial charge >= 0.3 is 0 Å². The number of aryl methyl sites for hydroxylation is 1. The predicted molar refractivity (Wildman–Crippen MR) is 96.2 cm³/mol. The summed E-state index contributed by atoms with van der Waals surface area (Å²) in [4.78, 5) is 11.8. The molecule has 2 rings (SSSR count). The zero-order valence-electron chi connectivity index (χ0n) is 12.8. The van der Waals surface area contributed by atoms with E-state index in [0.717, 1.165) is 15.6 Å². The van der Waals surface area contributed by atoms with E-state index in [1.54, 1.807) is 18.2 Å². The fraction of sp³-hybridized carbons (Fsp3) is 0.176. The second-order valence-corrected chi connectivity index (χ2v) is 6.23. The maximum atomic E-state index is 11.8. The largest absolute Gasteiger partial charge is 0.484 e. The molecule has 0 saturated heterocycles. The molecule has 0 heterocycles. The topological polar surface area (TPSA) is 50.7 Å². The van der Waals surface area contributed by atoms with Gasteiger partial charge in [0.2, 0.25) is 0 Å². The quantitative estimate of drug-likeness (QED) is 0.605. The molecule has 0 atom stereocenters. The highest BCUT2D eigenvalue weighted by Gasteiger charge is 2.04. The molecule has 0 radical (unpaired) electrons. The molecule has 120 valence electrons. The van der Waals surface area contributed by atoms with E-state index >= 15 is 0 Å². The Labute approximate surface area is 148 Å². The van der Waals surface area contributed by atoms with Crippen LogP contribution in [0.25, 0.3) is 0 Å². The maximum Gasteiger partial charge on any atom is 0.277 e. The number of hydrogen-bond donors (Lipinski definition) is 1. The third-order valence-corrected chi connectivity index (χ3v) is 4.25. The van der Waals surface area contributed by atoms with Crippen LogP contribution in [0, 0.1) is 6.92 Å². The van der Waals surface area contributed by atoms with E-state index in [-0.39, 0.29) is 12.5 Å². The van der Waals surface area contributed by atoms with E-state index in [4.69, 9.17) is 16.3 Å². The summed E-state index contributed by atoms with van der Waals surface area (Å²) in [7, 11) is 0. The lowest BCUT2D eigenvalue weighted by molar-refractivity contribution is -0.123. The zero-order chi connectivity index (χ0) is 16.8. The van der Waals surface area contributed by atoms with Gasteiger partial charge in [-0.15, -0.1) is 0 Å². The van der Waals surface area contributed by atoms with Crippen molar-refractivity contribution in [2.24, 2.45) is 5.10 Å². The number of amides is 1. The standard InChI is InChI=1S/C17H16BrClN2O2/c1-11-9-15(7-8-16(11)18)23-10-17(22)21-20-12(2)13-3-5-14(19)6-4-13/h3-9H,10H2,1-2H3,(H,21,22)/b20-12+. The molecule has 0 aliphatic heterocycles. The van der Waals surface area contributed by atoms with Crippen molar-refractivity contribution < 1.29 is 9.53 Å². The van der Waals surface area contributed by atoms with Crippen LogP contribution in [0.15, 0.2) is 52.0 Å². The van der Waals surface area contributed by atoms with Gasteiger partial charge in [0.15, 0.2) is 6.61 Å². The third-order valence-electron chi connectivity index (χ3n) is 3.11. The Kier molecular flexibility index (Phi) is 6.19. The SMILES string of the molecule is C/C(=N\NC(=O)COc1ccc(Br)c(C)c1)c1ccc(Cl)cc1. The molecule has 0 spiro atoms. The molecule has 0 saturated carbocycles. The highest BCUT2D eigenvalue weighted by Crippen LogP contribution is 2.21. The summed E-state index contributed by atoms with van der Waals surface area (Å²) in [6, 6.07) is 12.8. The summed E-state index contributed by atoms with van der Waals surface area (Å²) >= 11 is 9.25. The van der Waals surface area contributed by atoms with Crippen LogP contribution in [0.3, 0.4) is 0 Å². The molecule has 0 unspecified atom stereocenters. The summed E-state index contributed by atoms with van der Waals surface area (Å²) in [5.41, 5.74) is 5.09. The van der Waals surface area contributed by atoms with Crippen LogP contribution in [0.2, 0.25) is 5.02 Å². The van der Waals surface area contributed by atoms with Crippen LogP contribution < -0.4 is 10.2 Å². The van der Waals surface area contributed by atoms with Crippen LogP contribution in [0.1, 0.15) is 18.1 Å². The Balaban J connectivity index is 1.88. The second-order valence-electron chi connectivity index (χ2n) is 4.94. The first-order chi connectivity index (χ1) is 11.0. The second kappa shape index (κ2) is 8.13. The number of halogens is 2. The minimum atomic E-state index is -0.320. The summed E-state index contributed by atoms with van der Waals surface area (Å²) in [6.07, 6.45) is 0. The normalized spacial score (nSPS) is 11.2. The van der Waals surface area contributed by atoms with Gasteiger partial charge < -0.3 is 4.74 Å². The van der Waals surface area contributed by atoms with Gasteiger partial charge in [0.1, 0.15) is 5.75 Å². The zero-order valence-corrected chi connectivity index (χ0v) is 15.1. The van der Waals surface area contributed by atoms with Crippen LogP contribution in [0.5, 0.6) is 5.75 Å². The Morgan fingerprint density at radius 3 is 2.61 bits per heavy atom. The maximum absolute atomic E-state index is 11.8. The van der Waals surface area contributed by atoms with E-state index < -0.39 is 0 Å². The van der Waals surface area contributed by atoms with Crippen molar-refractivity contribution in [3.05, 3.63) is 63.1 Å². The average Bonchev–Trinajstić information content (AvgIpc) is 2.54. The van der Waals surface area contributed by atoms with Gasteiger partial charge in [0.05, 0.1) is 5.71 Å². The lowest BCUT2D eigenvalue weighted by atomic mass is 10.1. The minimum Gasteiger partial charge on any atom is -0.484 e. The summed E-state index contributed by atoms with van der Waals surface area (Å²) < 4.78 is 6.44. The van der Waals surface area contributed by atoms with Gasteiger partial charge in [0, 0.05) is 9.50 Å². The van der Waals surface area contributed by atoms with E-state index in [9.17, 15) is 4.79 Å². The summed E-state index contributed by atoms with van der Waals surface area (Å²) in [5.74, 6) is 0.318. The van der Waals surface area contributed by atoms with Gasteiger partial charge in [-0.3, -0.25) is 4.79 Å². The number of carbonyl (C=O) groups excluding carboxylic acids is 1. The molecule has 0 aromatic heterocycles. The Morgan fingerprint density at radius 1 is 1.26 bits per heavy atom. The molecule has 2 aromatic carbocycles. The van der Waals surface area contributed by atoms with Crippen molar-refractivity contribution in [1.82, 2.24) is 5.43 Å². The molecule has 1 N–H and O–H groups in total. The monoisotopic (exact) mass is 394 g/mol. The third kappa shape index (κ3) is 5.37. The van der Waals surface area contributed by atoms with Crippen LogP contribution >= 0.6 is 27.5 Å². The van der Waals surface area contributed by atoms with Crippen molar-refractivity contribution >= 4 is 39.1 Å². The molecular weight excluding hydrogens is 380 g/mol. The lowest BCUT2D eigenvalue weighted by Gasteiger charge is -2.07. The number of carbonyl (C=O) groups is 1. The minimum absolute atomic E-state index is 0.0987. The molecule has 2 aromatic rings. The molecule has 0 bridgehead atoms. The summed E-state index contributed by atoms with van der Waals surface area (Å²) in [5, 5.41) is 4.71. The smallest absolute Gasteiger partial charge is 0.277 e. The number of nitrogens with one attached hydrogen (secondary N) is 1. The van der Waals surface area contributed by atoms with Gasteiger partial charge in [-0.2, -0.15) is 5.10 Å². The van der Waals surface area contributed by atoms with Crippen molar-refractivity contribution in [3.63, 3.8) is 0 Å². The van der Waals surface area contributed by atoms with Crippen LogP contribution in [-0.2, 0) is 4.79 Å². The average molecular weight is 396 g/mol. The Morgan fingerprint density at radius 2 is 1.96 bits per heavy atom. The van der Waals surface area contributed by atoms with Gasteiger partial charge in [-0.05, 0) is 55.3 Å². The molecule has 23 heavy (non-hydrogen) atoms. The number of ether oxygens (including phenoxy) is 1. The first kappa shape index (κ1) is 17.5. The molecule has 0 aliphatic carbocycles. The molecular formula is C17H16BrClN2O2. The van der Waals surface area contributed by atoms with Crippen LogP contribution in [-0.4, -0.2) is 18.2 Å². The lowest BCUT2D eigenvalue weighted by Crippen LogP contribution is -2.25. The number of nitrogens with zero attached hydrogens (tertiary/aromatic N) is 1. The highest BCUT2D eigenvalue weighted by molar-refractivity contribution is 9.10. The van der Waals surface area contributed by atoms with Crippen molar-refractivity contribution in [2.45, 2.75) is 13.8 Å². The summed E-state index contributed by atoms with van der Waals surface area (Å²) in [6.45, 7) is 3.66. The number of rotatable bonds is 5. The molecule has 1 amide bonds. The Hall–Kier alpha value is -1.85. The first-order valence-electron chi connectivity index (χ1n) is 6.94. The van der Waals surface area contributed by atoms with E-state index in [1.165, 1.54) is 0 Å².